The van der Waals surface area contributed by atoms with Gasteiger partial charge in [0.1, 0.15) is 5.75 Å². The second-order valence-corrected chi connectivity index (χ2v) is 8.42. The van der Waals surface area contributed by atoms with E-state index >= 15 is 0 Å². The van der Waals surface area contributed by atoms with Gasteiger partial charge >= 0.3 is 0 Å². The Balaban J connectivity index is 0.00000261. The van der Waals surface area contributed by atoms with E-state index in [1.807, 2.05) is 6.92 Å². The lowest BCUT2D eigenvalue weighted by molar-refractivity contribution is 0.0704. The fourth-order valence-electron chi connectivity index (χ4n) is 3.24. The molecule has 1 N–H and O–H groups in total. The SMILES string of the molecule is COc1ccc(S(=O)(=O)N2CCOCC2)cc1C(=O)N1CCNC(C)C1.Cl. The average Bonchev–Trinajstić information content (AvgIpc) is 2.67. The van der Waals surface area contributed by atoms with Crippen LogP contribution in [0.25, 0.3) is 0 Å². The lowest BCUT2D eigenvalue weighted by atomic mass is 10.1. The Morgan fingerprint density at radius 3 is 2.59 bits per heavy atom. The number of sulfonamides is 1. The number of rotatable bonds is 4. The van der Waals surface area contributed by atoms with Gasteiger partial charge in [-0.3, -0.25) is 4.79 Å². The molecule has 10 heteroatoms. The van der Waals surface area contributed by atoms with E-state index < -0.39 is 10.0 Å². The van der Waals surface area contributed by atoms with E-state index in [0.29, 0.717) is 51.7 Å². The molecule has 152 valence electrons. The van der Waals surface area contributed by atoms with Crippen molar-refractivity contribution in [1.82, 2.24) is 14.5 Å². The Bertz CT molecular complexity index is 768. The molecule has 8 nitrogen and oxygen atoms in total. The first kappa shape index (κ1) is 21.9. The number of methoxy groups -OCH3 is 1. The van der Waals surface area contributed by atoms with E-state index in [-0.39, 0.29) is 34.8 Å². The minimum atomic E-state index is -3.67. The first-order valence-corrected chi connectivity index (χ1v) is 10.2. The van der Waals surface area contributed by atoms with Gasteiger partial charge in [0.25, 0.3) is 5.91 Å². The molecule has 1 amide bonds. The van der Waals surface area contributed by atoms with Crippen molar-refractivity contribution in [3.8, 4) is 5.75 Å². The molecular weight excluding hydrogens is 394 g/mol. The Labute approximate surface area is 166 Å². The van der Waals surface area contributed by atoms with Crippen LogP contribution in [0.4, 0.5) is 0 Å². The summed E-state index contributed by atoms with van der Waals surface area (Å²) in [5.41, 5.74) is 0.274. The van der Waals surface area contributed by atoms with Crippen molar-refractivity contribution in [2.45, 2.75) is 17.9 Å². The fourth-order valence-corrected chi connectivity index (χ4v) is 4.67. The van der Waals surface area contributed by atoms with Crippen molar-refractivity contribution in [1.29, 1.82) is 0 Å². The van der Waals surface area contributed by atoms with E-state index in [1.54, 1.807) is 11.0 Å². The molecular formula is C17H26ClN3O5S. The molecule has 2 fully saturated rings. The molecule has 0 aromatic heterocycles. The Morgan fingerprint density at radius 2 is 1.96 bits per heavy atom. The minimum Gasteiger partial charge on any atom is -0.496 e. The van der Waals surface area contributed by atoms with Crippen molar-refractivity contribution in [3.63, 3.8) is 0 Å². The van der Waals surface area contributed by atoms with Crippen LogP contribution in [0.1, 0.15) is 17.3 Å². The summed E-state index contributed by atoms with van der Waals surface area (Å²) in [6.45, 7) is 5.24. The molecule has 1 unspecified atom stereocenters. The van der Waals surface area contributed by atoms with E-state index in [9.17, 15) is 13.2 Å². The van der Waals surface area contributed by atoms with Crippen molar-refractivity contribution in [2.75, 3.05) is 53.0 Å². The summed E-state index contributed by atoms with van der Waals surface area (Å²) in [5, 5.41) is 3.29. The number of benzene rings is 1. The zero-order valence-electron chi connectivity index (χ0n) is 15.5. The van der Waals surface area contributed by atoms with Crippen LogP contribution >= 0.6 is 12.4 Å². The number of piperazine rings is 1. The van der Waals surface area contributed by atoms with E-state index in [2.05, 4.69) is 5.32 Å². The quantitative estimate of drug-likeness (QED) is 0.767. The van der Waals surface area contributed by atoms with Crippen LogP contribution in [0, 0.1) is 0 Å². The smallest absolute Gasteiger partial charge is 0.257 e. The maximum Gasteiger partial charge on any atom is 0.257 e. The minimum absolute atomic E-state index is 0. The van der Waals surface area contributed by atoms with E-state index in [1.165, 1.54) is 23.5 Å². The summed E-state index contributed by atoms with van der Waals surface area (Å²) < 4.78 is 37.7. The molecule has 2 aliphatic heterocycles. The Morgan fingerprint density at radius 1 is 1.26 bits per heavy atom. The van der Waals surface area contributed by atoms with Crippen molar-refractivity contribution in [2.24, 2.45) is 0 Å². The predicted molar refractivity (Wildman–Crippen MR) is 103 cm³/mol. The lowest BCUT2D eigenvalue weighted by Gasteiger charge is -2.32. The van der Waals surface area contributed by atoms with Gasteiger partial charge in [-0.05, 0) is 25.1 Å². The summed E-state index contributed by atoms with van der Waals surface area (Å²) in [4.78, 5) is 14.8. The monoisotopic (exact) mass is 419 g/mol. The van der Waals surface area contributed by atoms with Crippen molar-refractivity contribution >= 4 is 28.3 Å². The molecule has 0 saturated carbocycles. The first-order chi connectivity index (χ1) is 12.4. The highest BCUT2D eigenvalue weighted by atomic mass is 35.5. The highest BCUT2D eigenvalue weighted by Gasteiger charge is 2.29. The van der Waals surface area contributed by atoms with Crippen LogP contribution in [0.15, 0.2) is 23.1 Å². The van der Waals surface area contributed by atoms with Gasteiger partial charge < -0.3 is 19.7 Å². The third-order valence-electron chi connectivity index (χ3n) is 4.67. The largest absolute Gasteiger partial charge is 0.496 e. The predicted octanol–water partition coefficient (Wildman–Crippen LogP) is 0.572. The van der Waals surface area contributed by atoms with Gasteiger partial charge in [0, 0.05) is 38.8 Å². The van der Waals surface area contributed by atoms with E-state index in [0.717, 1.165) is 0 Å². The van der Waals surface area contributed by atoms with Crippen LogP contribution in [0.5, 0.6) is 5.75 Å². The third-order valence-corrected chi connectivity index (χ3v) is 6.56. The van der Waals surface area contributed by atoms with Crippen LogP contribution < -0.4 is 10.1 Å². The number of hydrogen-bond donors (Lipinski definition) is 1. The van der Waals surface area contributed by atoms with Gasteiger partial charge in [-0.15, -0.1) is 12.4 Å². The number of nitrogens with one attached hydrogen (secondary N) is 1. The number of morpholine rings is 1. The molecule has 2 heterocycles. The average molecular weight is 420 g/mol. The summed E-state index contributed by atoms with van der Waals surface area (Å²) >= 11 is 0. The topological polar surface area (TPSA) is 88.2 Å². The molecule has 27 heavy (non-hydrogen) atoms. The van der Waals surface area contributed by atoms with Gasteiger partial charge in [0.2, 0.25) is 10.0 Å². The summed E-state index contributed by atoms with van der Waals surface area (Å²) in [5.74, 6) is 0.163. The highest BCUT2D eigenvalue weighted by Crippen LogP contribution is 2.26. The van der Waals surface area contributed by atoms with Crippen molar-refractivity contribution in [3.05, 3.63) is 23.8 Å². The molecule has 1 atom stereocenters. The number of carbonyl (C=O) groups is 1. The molecule has 1 aromatic carbocycles. The second kappa shape index (κ2) is 9.20. The number of amides is 1. The van der Waals surface area contributed by atoms with Crippen LogP contribution in [-0.4, -0.2) is 82.6 Å². The molecule has 2 saturated heterocycles. The molecule has 2 aliphatic rings. The van der Waals surface area contributed by atoms with E-state index in [4.69, 9.17) is 9.47 Å². The maximum absolute atomic E-state index is 13.0. The number of hydrogen-bond acceptors (Lipinski definition) is 6. The van der Waals surface area contributed by atoms with Gasteiger partial charge in [-0.25, -0.2) is 8.42 Å². The molecule has 1 aromatic rings. The highest BCUT2D eigenvalue weighted by molar-refractivity contribution is 7.89. The number of nitrogens with zero attached hydrogens (tertiary/aromatic N) is 2. The van der Waals surface area contributed by atoms with Crippen LogP contribution in [-0.2, 0) is 14.8 Å². The Hall–Kier alpha value is -1.39. The van der Waals surface area contributed by atoms with Crippen molar-refractivity contribution < 1.29 is 22.7 Å². The zero-order valence-corrected chi connectivity index (χ0v) is 17.1. The normalized spacial score (nSPS) is 21.4. The summed E-state index contributed by atoms with van der Waals surface area (Å²) in [7, 11) is -2.19. The number of ether oxygens (including phenoxy) is 2. The Kier molecular flexibility index (Phi) is 7.47. The fraction of sp³-hybridized carbons (Fsp3) is 0.588. The van der Waals surface area contributed by atoms with Gasteiger partial charge in [0.15, 0.2) is 0 Å². The zero-order chi connectivity index (χ0) is 18.7. The van der Waals surface area contributed by atoms with Gasteiger partial charge in [-0.2, -0.15) is 4.31 Å². The second-order valence-electron chi connectivity index (χ2n) is 6.48. The molecule has 0 bridgehead atoms. The lowest BCUT2D eigenvalue weighted by Crippen LogP contribution is -2.51. The first-order valence-electron chi connectivity index (χ1n) is 8.72. The van der Waals surface area contributed by atoms with Crippen LogP contribution in [0.3, 0.4) is 0 Å². The van der Waals surface area contributed by atoms with Gasteiger partial charge in [0.05, 0.1) is 30.8 Å². The van der Waals surface area contributed by atoms with Gasteiger partial charge in [-0.1, -0.05) is 0 Å². The third kappa shape index (κ3) is 4.72. The standard InChI is InChI=1S/C17H25N3O5S.ClH/c1-13-12-19(6-5-18-13)17(21)15-11-14(3-4-16(15)24-2)26(22,23)20-7-9-25-10-8-20;/h3-4,11,13,18H,5-10,12H2,1-2H3;1H. The molecule has 0 radical (unpaired) electrons. The van der Waals surface area contributed by atoms with Crippen LogP contribution in [0.2, 0.25) is 0 Å². The number of carbonyl (C=O) groups excluding carboxylic acids is 1. The summed E-state index contributed by atoms with van der Waals surface area (Å²) in [6.07, 6.45) is 0. The molecule has 3 rings (SSSR count). The number of halogens is 1. The maximum atomic E-state index is 13.0. The molecule has 0 aliphatic carbocycles. The molecule has 0 spiro atoms. The summed E-state index contributed by atoms with van der Waals surface area (Å²) in [6, 6.07) is 4.66.